The molecule has 2 aliphatic carbocycles. The van der Waals surface area contributed by atoms with Crippen molar-refractivity contribution < 1.29 is 9.59 Å². The number of nitrogens with one attached hydrogen (secondary N) is 1. The number of rotatable bonds is 5. The standard InChI is InChI=1S/C13H23N3O2.ClH/c1-16(8-12(17)15-10-5-6-10)13(18)11-4-2-3-9(11)7-14;/h9-11H,2-8,14H2,1H3,(H,15,17);1H/t9-,11-;/m1./s1. The molecule has 0 spiro atoms. The van der Waals surface area contributed by atoms with E-state index in [2.05, 4.69) is 5.32 Å². The van der Waals surface area contributed by atoms with Gasteiger partial charge in [-0.3, -0.25) is 9.59 Å². The maximum atomic E-state index is 12.2. The van der Waals surface area contributed by atoms with Crippen LogP contribution < -0.4 is 11.1 Å². The van der Waals surface area contributed by atoms with E-state index in [1.165, 1.54) is 0 Å². The van der Waals surface area contributed by atoms with Crippen LogP contribution >= 0.6 is 12.4 Å². The Labute approximate surface area is 120 Å². The molecule has 0 heterocycles. The van der Waals surface area contributed by atoms with Gasteiger partial charge in [0.15, 0.2) is 0 Å². The highest BCUT2D eigenvalue weighted by Gasteiger charge is 2.34. The van der Waals surface area contributed by atoms with Crippen molar-refractivity contribution in [3.63, 3.8) is 0 Å². The van der Waals surface area contributed by atoms with Crippen molar-refractivity contribution in [3.05, 3.63) is 0 Å². The Hall–Kier alpha value is -0.810. The predicted octanol–water partition coefficient (Wildman–Crippen LogP) is 0.520. The smallest absolute Gasteiger partial charge is 0.239 e. The van der Waals surface area contributed by atoms with Gasteiger partial charge in [0.05, 0.1) is 6.54 Å². The van der Waals surface area contributed by atoms with E-state index in [1.807, 2.05) is 0 Å². The fraction of sp³-hybridized carbons (Fsp3) is 0.846. The summed E-state index contributed by atoms with van der Waals surface area (Å²) in [7, 11) is 1.71. The summed E-state index contributed by atoms with van der Waals surface area (Å²) in [5.41, 5.74) is 5.69. The molecule has 0 aromatic carbocycles. The van der Waals surface area contributed by atoms with E-state index < -0.39 is 0 Å². The number of nitrogens with two attached hydrogens (primary N) is 1. The highest BCUT2D eigenvalue weighted by Crippen LogP contribution is 2.32. The summed E-state index contributed by atoms with van der Waals surface area (Å²) < 4.78 is 0. The molecule has 110 valence electrons. The molecule has 2 atom stereocenters. The summed E-state index contributed by atoms with van der Waals surface area (Å²) in [6.45, 7) is 0.738. The number of nitrogens with zero attached hydrogens (tertiary/aromatic N) is 1. The Morgan fingerprint density at radius 3 is 2.53 bits per heavy atom. The maximum absolute atomic E-state index is 12.2. The molecule has 19 heavy (non-hydrogen) atoms. The molecule has 6 heteroatoms. The molecule has 0 radical (unpaired) electrons. The summed E-state index contributed by atoms with van der Waals surface area (Å²) in [6.07, 6.45) is 5.16. The predicted molar refractivity (Wildman–Crippen MR) is 75.9 cm³/mol. The third-order valence-electron chi connectivity index (χ3n) is 3.98. The molecule has 2 saturated carbocycles. The second-order valence-corrected chi connectivity index (χ2v) is 5.57. The van der Waals surface area contributed by atoms with E-state index >= 15 is 0 Å². The second kappa shape index (κ2) is 7.10. The van der Waals surface area contributed by atoms with Gasteiger partial charge in [0.2, 0.25) is 11.8 Å². The zero-order chi connectivity index (χ0) is 13.1. The average molecular weight is 290 g/mol. The van der Waals surface area contributed by atoms with Gasteiger partial charge in [0.1, 0.15) is 0 Å². The van der Waals surface area contributed by atoms with E-state index in [4.69, 9.17) is 5.73 Å². The minimum absolute atomic E-state index is 0. The lowest BCUT2D eigenvalue weighted by Gasteiger charge is -2.24. The molecule has 0 unspecified atom stereocenters. The second-order valence-electron chi connectivity index (χ2n) is 5.57. The van der Waals surface area contributed by atoms with Crippen molar-refractivity contribution in [2.75, 3.05) is 20.1 Å². The number of hydrogen-bond acceptors (Lipinski definition) is 3. The van der Waals surface area contributed by atoms with E-state index in [1.54, 1.807) is 11.9 Å². The third kappa shape index (κ3) is 4.35. The molecule has 2 amide bonds. The van der Waals surface area contributed by atoms with Gasteiger partial charge >= 0.3 is 0 Å². The zero-order valence-electron chi connectivity index (χ0n) is 11.4. The van der Waals surface area contributed by atoms with Crippen LogP contribution in [0.3, 0.4) is 0 Å². The van der Waals surface area contributed by atoms with Crippen molar-refractivity contribution in [3.8, 4) is 0 Å². The van der Waals surface area contributed by atoms with E-state index in [0.717, 1.165) is 32.1 Å². The Bertz CT molecular complexity index is 334. The largest absolute Gasteiger partial charge is 0.352 e. The van der Waals surface area contributed by atoms with Crippen molar-refractivity contribution in [1.29, 1.82) is 0 Å². The molecule has 5 nitrogen and oxygen atoms in total. The first-order chi connectivity index (χ1) is 8.61. The van der Waals surface area contributed by atoms with Gasteiger partial charge in [0, 0.05) is 19.0 Å². The molecular weight excluding hydrogens is 266 g/mol. The molecular formula is C13H24ClN3O2. The van der Waals surface area contributed by atoms with Crippen molar-refractivity contribution in [2.24, 2.45) is 17.6 Å². The van der Waals surface area contributed by atoms with Gasteiger partial charge in [-0.1, -0.05) is 6.42 Å². The first-order valence-corrected chi connectivity index (χ1v) is 6.86. The zero-order valence-corrected chi connectivity index (χ0v) is 12.2. The highest BCUT2D eigenvalue weighted by molar-refractivity contribution is 5.86. The lowest BCUT2D eigenvalue weighted by molar-refractivity contribution is -0.138. The summed E-state index contributed by atoms with van der Waals surface area (Å²) in [6, 6.07) is 0.351. The molecule has 3 N–H and O–H groups in total. The topological polar surface area (TPSA) is 75.4 Å². The van der Waals surface area contributed by atoms with Crippen LogP contribution in [0.25, 0.3) is 0 Å². The molecule has 2 rings (SSSR count). The fourth-order valence-electron chi connectivity index (χ4n) is 2.72. The molecule has 0 aromatic rings. The minimum Gasteiger partial charge on any atom is -0.352 e. The Balaban J connectivity index is 0.00000180. The Kier molecular flexibility index (Phi) is 6.07. The van der Waals surface area contributed by atoms with Crippen LogP contribution in [0.5, 0.6) is 0 Å². The SMILES string of the molecule is CN(CC(=O)NC1CC1)C(=O)[C@@H]1CCC[C@@H]1CN.Cl. The summed E-state index contributed by atoms with van der Waals surface area (Å²) in [5.74, 6) is 0.352. The third-order valence-corrected chi connectivity index (χ3v) is 3.98. The van der Waals surface area contributed by atoms with Gasteiger partial charge in [-0.05, 0) is 38.1 Å². The van der Waals surface area contributed by atoms with Crippen LogP contribution in [0.2, 0.25) is 0 Å². The number of amides is 2. The molecule has 0 bridgehead atoms. The summed E-state index contributed by atoms with van der Waals surface area (Å²) in [5, 5.41) is 2.90. The van der Waals surface area contributed by atoms with Crippen LogP contribution in [-0.4, -0.2) is 42.9 Å². The quantitative estimate of drug-likeness (QED) is 0.775. The number of likely N-dealkylation sites (N-methyl/N-ethyl adjacent to an activating group) is 1. The molecule has 2 fully saturated rings. The monoisotopic (exact) mass is 289 g/mol. The van der Waals surface area contributed by atoms with Crippen LogP contribution in [-0.2, 0) is 9.59 Å². The van der Waals surface area contributed by atoms with Crippen LogP contribution in [0, 0.1) is 11.8 Å². The minimum atomic E-state index is -0.0457. The van der Waals surface area contributed by atoms with Crippen molar-refractivity contribution in [1.82, 2.24) is 10.2 Å². The van der Waals surface area contributed by atoms with Gasteiger partial charge in [-0.15, -0.1) is 12.4 Å². The number of carbonyl (C=O) groups excluding carboxylic acids is 2. The van der Waals surface area contributed by atoms with Crippen molar-refractivity contribution >= 4 is 24.2 Å². The van der Waals surface area contributed by atoms with Crippen LogP contribution in [0.4, 0.5) is 0 Å². The number of carbonyl (C=O) groups is 2. The lowest BCUT2D eigenvalue weighted by atomic mass is 9.95. The van der Waals surface area contributed by atoms with Gasteiger partial charge < -0.3 is 16.0 Å². The van der Waals surface area contributed by atoms with E-state index in [9.17, 15) is 9.59 Å². The normalized spacial score (nSPS) is 25.6. The fourth-order valence-corrected chi connectivity index (χ4v) is 2.72. The summed E-state index contributed by atoms with van der Waals surface area (Å²) >= 11 is 0. The average Bonchev–Trinajstić information content (AvgIpc) is 3.02. The highest BCUT2D eigenvalue weighted by atomic mass is 35.5. The summed E-state index contributed by atoms with van der Waals surface area (Å²) in [4.78, 5) is 25.4. The molecule has 0 saturated heterocycles. The molecule has 0 aromatic heterocycles. The van der Waals surface area contributed by atoms with Gasteiger partial charge in [-0.2, -0.15) is 0 Å². The first kappa shape index (κ1) is 16.2. The van der Waals surface area contributed by atoms with Crippen molar-refractivity contribution in [2.45, 2.75) is 38.1 Å². The van der Waals surface area contributed by atoms with E-state index in [-0.39, 0.29) is 36.7 Å². The maximum Gasteiger partial charge on any atom is 0.239 e. The number of halogens is 1. The van der Waals surface area contributed by atoms with Gasteiger partial charge in [-0.25, -0.2) is 0 Å². The van der Waals surface area contributed by atoms with Crippen LogP contribution in [0.15, 0.2) is 0 Å². The number of hydrogen-bond donors (Lipinski definition) is 2. The first-order valence-electron chi connectivity index (χ1n) is 6.86. The lowest BCUT2D eigenvalue weighted by Crippen LogP contribution is -2.43. The Morgan fingerprint density at radius 2 is 1.95 bits per heavy atom. The molecule has 2 aliphatic rings. The Morgan fingerprint density at radius 1 is 1.26 bits per heavy atom. The molecule has 0 aliphatic heterocycles. The van der Waals surface area contributed by atoms with E-state index in [0.29, 0.717) is 18.5 Å². The van der Waals surface area contributed by atoms with Gasteiger partial charge in [0.25, 0.3) is 0 Å². The van der Waals surface area contributed by atoms with Crippen LogP contribution in [0.1, 0.15) is 32.1 Å².